The highest BCUT2D eigenvalue weighted by Gasteiger charge is 2.28. The number of aromatic carboxylic acids is 1. The van der Waals surface area contributed by atoms with Crippen LogP contribution in [0.2, 0.25) is 0 Å². The molecule has 0 radical (unpaired) electrons. The number of hydrogen-bond acceptors (Lipinski definition) is 5. The molecule has 0 aromatic heterocycles. The molecule has 138 valence electrons. The lowest BCUT2D eigenvalue weighted by atomic mass is 10.2. The van der Waals surface area contributed by atoms with E-state index in [0.29, 0.717) is 0 Å². The molecule has 2 aromatic carbocycles. The van der Waals surface area contributed by atoms with E-state index in [2.05, 4.69) is 9.44 Å². The Bertz CT molecular complexity index is 1040. The number of carboxylic acids is 1. The maximum absolute atomic E-state index is 12.4. The van der Waals surface area contributed by atoms with Crippen LogP contribution in [0.1, 0.15) is 23.2 Å². The number of anilines is 1. The van der Waals surface area contributed by atoms with E-state index in [1.54, 1.807) is 0 Å². The molecule has 0 amide bonds. The molecule has 1 fully saturated rings. The Hall–Kier alpha value is -2.43. The zero-order valence-corrected chi connectivity index (χ0v) is 15.0. The van der Waals surface area contributed by atoms with Crippen LogP contribution in [-0.4, -0.2) is 34.0 Å². The van der Waals surface area contributed by atoms with Crippen molar-refractivity contribution in [2.45, 2.75) is 28.7 Å². The van der Waals surface area contributed by atoms with E-state index in [1.165, 1.54) is 42.5 Å². The molecule has 2 aromatic rings. The molecular formula is C16H16N2O6S2. The van der Waals surface area contributed by atoms with Gasteiger partial charge in [0.1, 0.15) is 0 Å². The fraction of sp³-hybridized carbons (Fsp3) is 0.188. The highest BCUT2D eigenvalue weighted by Crippen LogP contribution is 2.23. The van der Waals surface area contributed by atoms with Crippen LogP contribution in [-0.2, 0) is 20.0 Å². The molecule has 0 spiro atoms. The molecule has 1 aliphatic rings. The first kappa shape index (κ1) is 18.4. The number of nitrogens with one attached hydrogen (secondary N) is 2. The summed E-state index contributed by atoms with van der Waals surface area (Å²) in [6.45, 7) is 0. The quantitative estimate of drug-likeness (QED) is 0.652. The average Bonchev–Trinajstić information content (AvgIpc) is 3.38. The van der Waals surface area contributed by atoms with Crippen LogP contribution in [0.25, 0.3) is 0 Å². The van der Waals surface area contributed by atoms with Crippen molar-refractivity contribution >= 4 is 31.7 Å². The second kappa shape index (κ2) is 6.71. The fourth-order valence-corrected chi connectivity index (χ4v) is 4.61. The number of benzene rings is 2. The molecule has 0 atom stereocenters. The van der Waals surface area contributed by atoms with Gasteiger partial charge in [0, 0.05) is 11.7 Å². The first-order chi connectivity index (χ1) is 12.2. The van der Waals surface area contributed by atoms with Gasteiger partial charge in [0.15, 0.2) is 0 Å². The van der Waals surface area contributed by atoms with Gasteiger partial charge in [-0.25, -0.2) is 26.4 Å². The summed E-state index contributed by atoms with van der Waals surface area (Å²) < 4.78 is 53.8. The number of carbonyl (C=O) groups is 1. The molecule has 8 nitrogen and oxygen atoms in total. The predicted molar refractivity (Wildman–Crippen MR) is 94.0 cm³/mol. The Morgan fingerprint density at radius 2 is 1.58 bits per heavy atom. The Morgan fingerprint density at radius 1 is 0.923 bits per heavy atom. The standard InChI is InChI=1S/C16H16N2O6S2/c19-16(20)11-2-1-3-15(10-11)26(23,24)18-13-6-8-14(9-7-13)25(21,22)17-12-4-5-12/h1-3,6-10,12,17-18H,4-5H2,(H,19,20). The molecule has 3 rings (SSSR count). The van der Waals surface area contributed by atoms with Gasteiger partial charge in [0.25, 0.3) is 10.0 Å². The van der Waals surface area contributed by atoms with Gasteiger partial charge in [-0.15, -0.1) is 0 Å². The average molecular weight is 396 g/mol. The summed E-state index contributed by atoms with van der Waals surface area (Å²) in [6.07, 6.45) is 1.62. The van der Waals surface area contributed by atoms with Crippen molar-refractivity contribution in [3.63, 3.8) is 0 Å². The minimum atomic E-state index is -4.01. The fourth-order valence-electron chi connectivity index (χ4n) is 2.20. The van der Waals surface area contributed by atoms with Crippen LogP contribution >= 0.6 is 0 Å². The summed E-state index contributed by atoms with van der Waals surface area (Å²) in [5, 5.41) is 8.96. The number of rotatable bonds is 7. The van der Waals surface area contributed by atoms with Crippen LogP contribution in [0, 0.1) is 0 Å². The van der Waals surface area contributed by atoms with E-state index in [9.17, 15) is 21.6 Å². The summed E-state index contributed by atoms with van der Waals surface area (Å²) in [6, 6.07) is 10.2. The Morgan fingerprint density at radius 3 is 2.15 bits per heavy atom. The highest BCUT2D eigenvalue weighted by molar-refractivity contribution is 7.92. The van der Waals surface area contributed by atoms with Gasteiger partial charge in [0.2, 0.25) is 10.0 Å². The van der Waals surface area contributed by atoms with Crippen LogP contribution in [0.15, 0.2) is 58.3 Å². The largest absolute Gasteiger partial charge is 0.478 e. The first-order valence-electron chi connectivity index (χ1n) is 7.66. The van der Waals surface area contributed by atoms with E-state index in [0.717, 1.165) is 18.9 Å². The predicted octanol–water partition coefficient (Wildman–Crippen LogP) is 1.63. The van der Waals surface area contributed by atoms with Gasteiger partial charge in [0.05, 0.1) is 15.4 Å². The zero-order chi connectivity index (χ0) is 18.9. The molecular weight excluding hydrogens is 380 g/mol. The maximum Gasteiger partial charge on any atom is 0.335 e. The van der Waals surface area contributed by atoms with E-state index >= 15 is 0 Å². The van der Waals surface area contributed by atoms with Gasteiger partial charge in [-0.1, -0.05) is 6.07 Å². The molecule has 0 unspecified atom stereocenters. The molecule has 0 bridgehead atoms. The summed E-state index contributed by atoms with van der Waals surface area (Å²) >= 11 is 0. The van der Waals surface area contributed by atoms with E-state index in [-0.39, 0.29) is 27.1 Å². The van der Waals surface area contributed by atoms with Crippen molar-refractivity contribution in [3.8, 4) is 0 Å². The Labute approximate surface area is 151 Å². The highest BCUT2D eigenvalue weighted by atomic mass is 32.2. The third-order valence-electron chi connectivity index (χ3n) is 3.71. The van der Waals surface area contributed by atoms with Crippen molar-refractivity contribution in [2.75, 3.05) is 4.72 Å². The lowest BCUT2D eigenvalue weighted by molar-refractivity contribution is 0.0696. The van der Waals surface area contributed by atoms with Crippen LogP contribution in [0.5, 0.6) is 0 Å². The molecule has 0 saturated heterocycles. The topological polar surface area (TPSA) is 130 Å². The summed E-state index contributed by atoms with van der Waals surface area (Å²) in [5.41, 5.74) is 0.0107. The molecule has 0 heterocycles. The van der Waals surface area contributed by atoms with Gasteiger partial charge >= 0.3 is 5.97 Å². The lowest BCUT2D eigenvalue weighted by Gasteiger charge is -2.10. The summed E-state index contributed by atoms with van der Waals surface area (Å²) in [4.78, 5) is 10.8. The third kappa shape index (κ3) is 4.21. The van der Waals surface area contributed by atoms with Crippen molar-refractivity contribution < 1.29 is 26.7 Å². The molecule has 1 aliphatic carbocycles. The zero-order valence-electron chi connectivity index (χ0n) is 13.4. The Kier molecular flexibility index (Phi) is 4.74. The van der Waals surface area contributed by atoms with Crippen LogP contribution < -0.4 is 9.44 Å². The minimum absolute atomic E-state index is 0.0281. The van der Waals surface area contributed by atoms with E-state index < -0.39 is 26.0 Å². The summed E-state index contributed by atoms with van der Waals surface area (Å²) in [7, 11) is -7.62. The second-order valence-electron chi connectivity index (χ2n) is 5.86. The molecule has 3 N–H and O–H groups in total. The van der Waals surface area contributed by atoms with Crippen LogP contribution in [0.4, 0.5) is 5.69 Å². The number of sulfonamides is 2. The van der Waals surface area contributed by atoms with Gasteiger partial charge in [-0.2, -0.15) is 0 Å². The smallest absolute Gasteiger partial charge is 0.335 e. The first-order valence-corrected chi connectivity index (χ1v) is 10.6. The van der Waals surface area contributed by atoms with Crippen molar-refractivity contribution in [2.24, 2.45) is 0 Å². The maximum atomic E-state index is 12.4. The van der Waals surface area contributed by atoms with Crippen molar-refractivity contribution in [1.82, 2.24) is 4.72 Å². The molecule has 1 saturated carbocycles. The Balaban J connectivity index is 1.79. The number of hydrogen-bond donors (Lipinski definition) is 3. The third-order valence-corrected chi connectivity index (χ3v) is 6.62. The van der Waals surface area contributed by atoms with Crippen LogP contribution in [0.3, 0.4) is 0 Å². The van der Waals surface area contributed by atoms with E-state index in [1.807, 2.05) is 0 Å². The second-order valence-corrected chi connectivity index (χ2v) is 9.25. The normalized spacial score (nSPS) is 14.8. The summed E-state index contributed by atoms with van der Waals surface area (Å²) in [5.74, 6) is -1.24. The lowest BCUT2D eigenvalue weighted by Crippen LogP contribution is -2.25. The minimum Gasteiger partial charge on any atom is -0.478 e. The number of carboxylic acid groups (broad SMARTS) is 1. The van der Waals surface area contributed by atoms with E-state index in [4.69, 9.17) is 5.11 Å². The van der Waals surface area contributed by atoms with Gasteiger partial charge in [-0.05, 0) is 55.3 Å². The van der Waals surface area contributed by atoms with Gasteiger partial charge < -0.3 is 5.11 Å². The molecule has 26 heavy (non-hydrogen) atoms. The van der Waals surface area contributed by atoms with Gasteiger partial charge in [-0.3, -0.25) is 4.72 Å². The SMILES string of the molecule is O=C(O)c1cccc(S(=O)(=O)Nc2ccc(S(=O)(=O)NC3CC3)cc2)c1. The molecule has 0 aliphatic heterocycles. The van der Waals surface area contributed by atoms with Crippen molar-refractivity contribution in [1.29, 1.82) is 0 Å². The monoisotopic (exact) mass is 396 g/mol. The van der Waals surface area contributed by atoms with Crippen molar-refractivity contribution in [3.05, 3.63) is 54.1 Å². The molecule has 10 heteroatoms.